The van der Waals surface area contributed by atoms with E-state index in [1.54, 1.807) is 0 Å². The zero-order valence-corrected chi connectivity index (χ0v) is 10.0. The van der Waals surface area contributed by atoms with Gasteiger partial charge in [0, 0.05) is 6.42 Å². The van der Waals surface area contributed by atoms with Crippen LogP contribution in [0.25, 0.3) is 0 Å². The second kappa shape index (κ2) is 7.61. The molecule has 0 aromatic heterocycles. The highest BCUT2D eigenvalue weighted by atomic mass is 16.2. The summed E-state index contributed by atoms with van der Waals surface area (Å²) in [5.41, 5.74) is 15.4. The molecule has 3 amide bonds. The summed E-state index contributed by atoms with van der Waals surface area (Å²) in [5.74, 6) is -1.45. The predicted molar refractivity (Wildman–Crippen MR) is 62.4 cm³/mol. The van der Waals surface area contributed by atoms with Gasteiger partial charge >= 0.3 is 0 Å². The standard InChI is InChI=1S/C10H20N4O3/c1-7(4-11)2-3-10(17)14(5-8(12)15)6-9(13)16/h7H,2-6,11H2,1H3,(H2,12,15)(H2,13,16). The Morgan fingerprint density at radius 1 is 1.12 bits per heavy atom. The van der Waals surface area contributed by atoms with Gasteiger partial charge in [-0.15, -0.1) is 0 Å². The van der Waals surface area contributed by atoms with Gasteiger partial charge in [0.1, 0.15) is 0 Å². The van der Waals surface area contributed by atoms with Crippen LogP contribution < -0.4 is 17.2 Å². The van der Waals surface area contributed by atoms with Crippen LogP contribution in [0.2, 0.25) is 0 Å². The van der Waals surface area contributed by atoms with Gasteiger partial charge in [0.25, 0.3) is 0 Å². The smallest absolute Gasteiger partial charge is 0.237 e. The molecule has 0 aromatic rings. The van der Waals surface area contributed by atoms with Crippen LogP contribution in [-0.4, -0.2) is 42.3 Å². The monoisotopic (exact) mass is 244 g/mol. The number of carbonyl (C=O) groups excluding carboxylic acids is 3. The molecule has 0 rings (SSSR count). The number of primary amides is 2. The Morgan fingerprint density at radius 2 is 1.59 bits per heavy atom. The molecule has 0 aromatic carbocycles. The Kier molecular flexibility index (Phi) is 6.88. The molecule has 0 spiro atoms. The lowest BCUT2D eigenvalue weighted by Gasteiger charge is -2.20. The first-order valence-corrected chi connectivity index (χ1v) is 5.41. The molecule has 0 saturated heterocycles. The van der Waals surface area contributed by atoms with E-state index in [1.807, 2.05) is 6.92 Å². The van der Waals surface area contributed by atoms with Gasteiger partial charge in [0.05, 0.1) is 13.1 Å². The number of nitrogens with zero attached hydrogens (tertiary/aromatic N) is 1. The van der Waals surface area contributed by atoms with Crippen LogP contribution in [0.4, 0.5) is 0 Å². The van der Waals surface area contributed by atoms with Gasteiger partial charge < -0.3 is 22.1 Å². The van der Waals surface area contributed by atoms with Crippen molar-refractivity contribution in [2.75, 3.05) is 19.6 Å². The number of amides is 3. The molecule has 98 valence electrons. The molecular weight excluding hydrogens is 224 g/mol. The lowest BCUT2D eigenvalue weighted by Crippen LogP contribution is -2.43. The number of carbonyl (C=O) groups is 3. The topological polar surface area (TPSA) is 133 Å². The van der Waals surface area contributed by atoms with Crippen molar-refractivity contribution in [3.63, 3.8) is 0 Å². The van der Waals surface area contributed by atoms with Crippen molar-refractivity contribution in [2.24, 2.45) is 23.1 Å². The van der Waals surface area contributed by atoms with Crippen molar-refractivity contribution in [2.45, 2.75) is 19.8 Å². The van der Waals surface area contributed by atoms with E-state index in [-0.39, 0.29) is 31.3 Å². The molecule has 17 heavy (non-hydrogen) atoms. The van der Waals surface area contributed by atoms with Crippen LogP contribution in [0, 0.1) is 5.92 Å². The SMILES string of the molecule is CC(CN)CCC(=O)N(CC(N)=O)CC(N)=O. The van der Waals surface area contributed by atoms with Crippen LogP contribution in [0.1, 0.15) is 19.8 Å². The molecule has 0 bridgehead atoms. The summed E-state index contributed by atoms with van der Waals surface area (Å²) in [7, 11) is 0. The van der Waals surface area contributed by atoms with Gasteiger partial charge in [-0.25, -0.2) is 0 Å². The highest BCUT2D eigenvalue weighted by Gasteiger charge is 2.18. The van der Waals surface area contributed by atoms with E-state index in [9.17, 15) is 14.4 Å². The average Bonchev–Trinajstić information content (AvgIpc) is 2.23. The first kappa shape index (κ1) is 15.4. The molecule has 0 aliphatic carbocycles. The highest BCUT2D eigenvalue weighted by Crippen LogP contribution is 2.06. The molecule has 0 saturated carbocycles. The fraction of sp³-hybridized carbons (Fsp3) is 0.700. The van der Waals surface area contributed by atoms with Crippen LogP contribution in [0.5, 0.6) is 0 Å². The maximum Gasteiger partial charge on any atom is 0.237 e. The van der Waals surface area contributed by atoms with E-state index >= 15 is 0 Å². The third kappa shape index (κ3) is 7.29. The van der Waals surface area contributed by atoms with Gasteiger partial charge in [-0.3, -0.25) is 14.4 Å². The molecule has 1 atom stereocenters. The van der Waals surface area contributed by atoms with Gasteiger partial charge in [0.15, 0.2) is 0 Å². The molecule has 1 unspecified atom stereocenters. The van der Waals surface area contributed by atoms with Crippen molar-refractivity contribution >= 4 is 17.7 Å². The molecule has 0 fully saturated rings. The van der Waals surface area contributed by atoms with E-state index < -0.39 is 11.8 Å². The first-order chi connectivity index (χ1) is 7.86. The van der Waals surface area contributed by atoms with Crippen molar-refractivity contribution in [3.8, 4) is 0 Å². The van der Waals surface area contributed by atoms with Crippen LogP contribution in [-0.2, 0) is 14.4 Å². The largest absolute Gasteiger partial charge is 0.368 e. The minimum Gasteiger partial charge on any atom is -0.368 e. The van der Waals surface area contributed by atoms with Gasteiger partial charge in [0.2, 0.25) is 17.7 Å². The fourth-order valence-corrected chi connectivity index (χ4v) is 1.25. The van der Waals surface area contributed by atoms with E-state index in [2.05, 4.69) is 0 Å². The Morgan fingerprint density at radius 3 is 1.94 bits per heavy atom. The third-order valence-electron chi connectivity index (χ3n) is 2.30. The minimum atomic E-state index is -0.675. The molecule has 7 nitrogen and oxygen atoms in total. The molecule has 6 N–H and O–H groups in total. The lowest BCUT2D eigenvalue weighted by molar-refractivity contribution is -0.138. The van der Waals surface area contributed by atoms with Gasteiger partial charge in [-0.1, -0.05) is 6.92 Å². The van der Waals surface area contributed by atoms with E-state index in [0.717, 1.165) is 4.90 Å². The quantitative estimate of drug-likeness (QED) is 0.462. The Labute approximate surface area is 100 Å². The molecule has 0 radical (unpaired) electrons. The predicted octanol–water partition coefficient (Wildman–Crippen LogP) is -1.84. The molecule has 7 heteroatoms. The summed E-state index contributed by atoms with van der Waals surface area (Å²) < 4.78 is 0. The van der Waals surface area contributed by atoms with Crippen molar-refractivity contribution < 1.29 is 14.4 Å². The van der Waals surface area contributed by atoms with Crippen molar-refractivity contribution in [3.05, 3.63) is 0 Å². The summed E-state index contributed by atoms with van der Waals surface area (Å²) in [4.78, 5) is 34.3. The molecular formula is C10H20N4O3. The summed E-state index contributed by atoms with van der Waals surface area (Å²) in [5, 5.41) is 0. The van der Waals surface area contributed by atoms with Crippen LogP contribution in [0.3, 0.4) is 0 Å². The van der Waals surface area contributed by atoms with Crippen molar-refractivity contribution in [1.82, 2.24) is 4.90 Å². The second-order valence-electron chi connectivity index (χ2n) is 4.06. The normalized spacial score (nSPS) is 11.9. The molecule has 0 aliphatic heterocycles. The van der Waals surface area contributed by atoms with Crippen LogP contribution >= 0.6 is 0 Å². The third-order valence-corrected chi connectivity index (χ3v) is 2.30. The van der Waals surface area contributed by atoms with E-state index in [1.165, 1.54) is 0 Å². The summed E-state index contributed by atoms with van der Waals surface area (Å²) in [6, 6.07) is 0. The Hall–Kier alpha value is -1.63. The highest BCUT2D eigenvalue weighted by molar-refractivity contribution is 5.88. The number of rotatable bonds is 8. The summed E-state index contributed by atoms with van der Waals surface area (Å²) in [6.45, 7) is 1.82. The van der Waals surface area contributed by atoms with Gasteiger partial charge in [-0.2, -0.15) is 0 Å². The molecule has 0 heterocycles. The zero-order valence-electron chi connectivity index (χ0n) is 10.0. The first-order valence-electron chi connectivity index (χ1n) is 5.41. The average molecular weight is 244 g/mol. The Balaban J connectivity index is 4.31. The Bertz CT molecular complexity index is 277. The fourth-order valence-electron chi connectivity index (χ4n) is 1.25. The lowest BCUT2D eigenvalue weighted by atomic mass is 10.1. The number of hydrogen-bond donors (Lipinski definition) is 3. The van der Waals surface area contributed by atoms with E-state index in [4.69, 9.17) is 17.2 Å². The maximum absolute atomic E-state index is 11.7. The maximum atomic E-state index is 11.7. The number of hydrogen-bond acceptors (Lipinski definition) is 4. The number of nitrogens with two attached hydrogens (primary N) is 3. The summed E-state index contributed by atoms with van der Waals surface area (Å²) in [6.07, 6.45) is 0.822. The molecule has 0 aliphatic rings. The van der Waals surface area contributed by atoms with E-state index in [0.29, 0.717) is 13.0 Å². The zero-order chi connectivity index (χ0) is 13.4. The van der Waals surface area contributed by atoms with Gasteiger partial charge in [-0.05, 0) is 18.9 Å². The van der Waals surface area contributed by atoms with Crippen molar-refractivity contribution in [1.29, 1.82) is 0 Å². The summed E-state index contributed by atoms with van der Waals surface area (Å²) >= 11 is 0. The van der Waals surface area contributed by atoms with Crippen LogP contribution in [0.15, 0.2) is 0 Å². The minimum absolute atomic E-state index is 0.211. The second-order valence-corrected chi connectivity index (χ2v) is 4.06.